The predicted octanol–water partition coefficient (Wildman–Crippen LogP) is 5.38. The SMILES string of the molecule is CCC(=O)O[C@]1(C(=O)OCC(=O)c2ccc(Cl)s2)[C@H](C)C[C@H]2[C@@H]3C[C@H](F)C4=CC(=O)C=C[C@]4(C)[C@@]3(F)[C@@H](O)C[C@@]21C. The summed E-state index contributed by atoms with van der Waals surface area (Å²) in [6, 6.07) is 3.06. The largest absolute Gasteiger partial charge is 0.454 e. The van der Waals surface area contributed by atoms with Crippen LogP contribution in [0.5, 0.6) is 0 Å². The van der Waals surface area contributed by atoms with Crippen LogP contribution in [0.4, 0.5) is 8.78 Å². The molecule has 0 unspecified atom stereocenters. The quantitative estimate of drug-likeness (QED) is 0.340. The van der Waals surface area contributed by atoms with E-state index < -0.39 is 82.2 Å². The number of Topliss-reactive ketones (excluding diaryl/α,β-unsaturated/α-hetero) is 1. The van der Waals surface area contributed by atoms with Gasteiger partial charge < -0.3 is 14.6 Å². The summed E-state index contributed by atoms with van der Waals surface area (Å²) in [7, 11) is 0. The van der Waals surface area contributed by atoms with E-state index in [1.165, 1.54) is 25.1 Å². The number of carbonyl (C=O) groups is 4. The van der Waals surface area contributed by atoms with Gasteiger partial charge >= 0.3 is 11.9 Å². The van der Waals surface area contributed by atoms with Crippen molar-refractivity contribution in [3.05, 3.63) is 45.1 Å². The Morgan fingerprint density at radius 1 is 1.20 bits per heavy atom. The summed E-state index contributed by atoms with van der Waals surface area (Å²) in [6.07, 6.45) is -0.179. The van der Waals surface area contributed by atoms with E-state index >= 15 is 8.78 Å². The highest BCUT2D eigenvalue weighted by molar-refractivity contribution is 7.18. The first-order chi connectivity index (χ1) is 19.2. The molecule has 0 radical (unpaired) electrons. The van der Waals surface area contributed by atoms with Crippen molar-refractivity contribution in [2.24, 2.45) is 28.6 Å². The molecule has 1 heterocycles. The van der Waals surface area contributed by atoms with Gasteiger partial charge in [0.15, 0.2) is 18.1 Å². The minimum Gasteiger partial charge on any atom is -0.454 e. The number of aliphatic hydroxyl groups is 1. The molecular formula is C30H33ClF2O7S. The molecule has 0 spiro atoms. The van der Waals surface area contributed by atoms with E-state index in [9.17, 15) is 24.3 Å². The van der Waals surface area contributed by atoms with Crippen molar-refractivity contribution in [2.45, 2.75) is 76.9 Å². The van der Waals surface area contributed by atoms with Gasteiger partial charge in [-0.15, -0.1) is 11.3 Å². The second-order valence-corrected chi connectivity index (χ2v) is 13.9. The zero-order valence-corrected chi connectivity index (χ0v) is 24.8. The fourth-order valence-electron chi connectivity index (χ4n) is 8.24. The number of esters is 2. The predicted molar refractivity (Wildman–Crippen MR) is 147 cm³/mol. The molecule has 41 heavy (non-hydrogen) atoms. The lowest BCUT2D eigenvalue weighted by Gasteiger charge is -2.63. The Bertz CT molecular complexity index is 1370. The number of thiophene rings is 1. The lowest BCUT2D eigenvalue weighted by atomic mass is 9.44. The van der Waals surface area contributed by atoms with Crippen molar-refractivity contribution < 1.29 is 42.5 Å². The number of hydrogen-bond acceptors (Lipinski definition) is 8. The Hall–Kier alpha value is -2.43. The number of rotatable bonds is 6. The van der Waals surface area contributed by atoms with Crippen LogP contribution in [0, 0.1) is 28.6 Å². The van der Waals surface area contributed by atoms with Gasteiger partial charge in [0.25, 0.3) is 0 Å². The van der Waals surface area contributed by atoms with Gasteiger partial charge in [-0.05, 0) is 62.0 Å². The van der Waals surface area contributed by atoms with E-state index in [0.29, 0.717) is 4.34 Å². The summed E-state index contributed by atoms with van der Waals surface area (Å²) in [4.78, 5) is 51.9. The van der Waals surface area contributed by atoms with Crippen LogP contribution in [0.3, 0.4) is 0 Å². The van der Waals surface area contributed by atoms with E-state index in [1.54, 1.807) is 26.8 Å². The number of aliphatic hydroxyl groups excluding tert-OH is 1. The Kier molecular flexibility index (Phi) is 7.39. The molecule has 11 heteroatoms. The molecule has 1 aromatic heterocycles. The average Bonchev–Trinajstić information content (AvgIpc) is 3.45. The topological polar surface area (TPSA) is 107 Å². The number of alkyl halides is 2. The van der Waals surface area contributed by atoms with Crippen LogP contribution in [-0.2, 0) is 23.9 Å². The zero-order chi connectivity index (χ0) is 30.1. The molecule has 3 saturated carbocycles. The molecule has 222 valence electrons. The summed E-state index contributed by atoms with van der Waals surface area (Å²) in [5.41, 5.74) is -7.26. The second-order valence-electron chi connectivity index (χ2n) is 12.2. The minimum atomic E-state index is -2.36. The van der Waals surface area contributed by atoms with Crippen molar-refractivity contribution >= 4 is 46.4 Å². The van der Waals surface area contributed by atoms with E-state index in [0.717, 1.165) is 17.4 Å². The summed E-state index contributed by atoms with van der Waals surface area (Å²) >= 11 is 6.96. The summed E-state index contributed by atoms with van der Waals surface area (Å²) in [5.74, 6) is -5.07. The molecule has 1 N–H and O–H groups in total. The molecule has 0 amide bonds. The van der Waals surface area contributed by atoms with Gasteiger partial charge in [-0.1, -0.05) is 38.4 Å². The van der Waals surface area contributed by atoms with Crippen LogP contribution in [0.1, 0.15) is 63.0 Å². The van der Waals surface area contributed by atoms with E-state index in [1.807, 2.05) is 0 Å². The van der Waals surface area contributed by atoms with Crippen molar-refractivity contribution in [1.82, 2.24) is 0 Å². The average molecular weight is 611 g/mol. The van der Waals surface area contributed by atoms with Crippen molar-refractivity contribution in [2.75, 3.05) is 6.61 Å². The Morgan fingerprint density at radius 2 is 1.90 bits per heavy atom. The molecule has 3 fully saturated rings. The lowest BCUT2D eigenvalue weighted by molar-refractivity contribution is -0.238. The van der Waals surface area contributed by atoms with Gasteiger partial charge in [0.05, 0.1) is 15.3 Å². The van der Waals surface area contributed by atoms with Crippen molar-refractivity contribution in [3.63, 3.8) is 0 Å². The fourth-order valence-corrected chi connectivity index (χ4v) is 9.21. The molecule has 0 aliphatic heterocycles. The summed E-state index contributed by atoms with van der Waals surface area (Å²) in [6.45, 7) is 5.75. The monoisotopic (exact) mass is 610 g/mol. The fraction of sp³-hybridized carbons (Fsp3) is 0.600. The smallest absolute Gasteiger partial charge is 0.351 e. The molecule has 1 aromatic rings. The molecule has 5 rings (SSSR count). The van der Waals surface area contributed by atoms with Gasteiger partial charge in [-0.2, -0.15) is 0 Å². The molecule has 0 bridgehead atoms. The highest BCUT2D eigenvalue weighted by atomic mass is 35.5. The molecular weight excluding hydrogens is 578 g/mol. The van der Waals surface area contributed by atoms with E-state index in [4.69, 9.17) is 21.1 Å². The first kappa shape index (κ1) is 30.0. The molecule has 0 aromatic carbocycles. The third kappa shape index (κ3) is 4.11. The van der Waals surface area contributed by atoms with Crippen molar-refractivity contribution in [3.8, 4) is 0 Å². The first-order valence-electron chi connectivity index (χ1n) is 13.8. The lowest BCUT2D eigenvalue weighted by Crippen LogP contribution is -2.71. The number of ether oxygens (including phenoxy) is 2. The maximum atomic E-state index is 17.5. The third-order valence-corrected chi connectivity index (χ3v) is 11.5. The highest BCUT2D eigenvalue weighted by Gasteiger charge is 2.78. The minimum absolute atomic E-state index is 0.00674. The number of allylic oxidation sites excluding steroid dienone is 4. The normalized spacial score (nSPS) is 41.1. The molecule has 4 aliphatic rings. The summed E-state index contributed by atoms with van der Waals surface area (Å²) in [5, 5.41) is 11.6. The molecule has 9 atom stereocenters. The van der Waals surface area contributed by atoms with Crippen LogP contribution in [0.25, 0.3) is 0 Å². The van der Waals surface area contributed by atoms with Crippen LogP contribution in [0.2, 0.25) is 4.34 Å². The van der Waals surface area contributed by atoms with Crippen LogP contribution >= 0.6 is 22.9 Å². The van der Waals surface area contributed by atoms with Gasteiger partial charge in [0.2, 0.25) is 11.4 Å². The van der Waals surface area contributed by atoms with Gasteiger partial charge in [0.1, 0.15) is 6.17 Å². The van der Waals surface area contributed by atoms with Crippen LogP contribution in [-0.4, -0.2) is 58.8 Å². The van der Waals surface area contributed by atoms with E-state index in [2.05, 4.69) is 0 Å². The molecule has 7 nitrogen and oxygen atoms in total. The Balaban J connectivity index is 1.55. The van der Waals surface area contributed by atoms with Gasteiger partial charge in [-0.25, -0.2) is 13.6 Å². The van der Waals surface area contributed by atoms with Gasteiger partial charge in [-0.3, -0.25) is 14.4 Å². The summed E-state index contributed by atoms with van der Waals surface area (Å²) < 4.78 is 45.1. The maximum Gasteiger partial charge on any atom is 0.351 e. The number of fused-ring (bicyclic) bond motifs is 5. The number of halogens is 3. The Morgan fingerprint density at radius 3 is 2.54 bits per heavy atom. The number of hydrogen-bond donors (Lipinski definition) is 1. The number of carbonyl (C=O) groups excluding carboxylic acids is 4. The second kappa shape index (κ2) is 10.1. The Labute approximate surface area is 245 Å². The third-order valence-electron chi connectivity index (χ3n) is 10.2. The number of ketones is 2. The molecule has 4 aliphatic carbocycles. The van der Waals surface area contributed by atoms with Gasteiger partial charge in [0, 0.05) is 29.1 Å². The highest BCUT2D eigenvalue weighted by Crippen LogP contribution is 2.71. The standard InChI is InChI=1S/C30H33ClF2O7S/c1-5-25(37)40-30(26(38)39-14-21(35)22-6-7-24(31)41-22)15(2)10-17-18-12-20(32)19-11-16(34)8-9-27(19,3)29(18,33)23(36)13-28(17,30)4/h6-9,11,15,17-18,20,23,36H,5,10,12-14H2,1-4H3/t15-,17+,18+,20+,23+,27+,28+,29+,30+/m1/s1. The maximum absolute atomic E-state index is 17.5. The van der Waals surface area contributed by atoms with Crippen LogP contribution < -0.4 is 0 Å². The molecule has 0 saturated heterocycles. The van der Waals surface area contributed by atoms with Crippen LogP contribution in [0.15, 0.2) is 35.9 Å². The zero-order valence-electron chi connectivity index (χ0n) is 23.2. The van der Waals surface area contributed by atoms with E-state index in [-0.39, 0.29) is 36.1 Å². The first-order valence-corrected chi connectivity index (χ1v) is 15.0. The van der Waals surface area contributed by atoms with Crippen molar-refractivity contribution in [1.29, 1.82) is 0 Å².